The Morgan fingerprint density at radius 3 is 1.33 bits per heavy atom. The summed E-state index contributed by atoms with van der Waals surface area (Å²) in [5.74, 6) is -1.83. The molecular weight excluding hydrogens is 558 g/mol. The quantitative estimate of drug-likeness (QED) is 0.319. The molecule has 4 saturated heterocycles. The first-order chi connectivity index (χ1) is 19.4. The summed E-state index contributed by atoms with van der Waals surface area (Å²) in [5, 5.41) is 19.4. The molecule has 0 aromatic rings. The summed E-state index contributed by atoms with van der Waals surface area (Å²) in [5.41, 5.74) is 3.66. The van der Waals surface area contributed by atoms with E-state index in [0.717, 1.165) is 12.8 Å². The highest BCUT2D eigenvalue weighted by Crippen LogP contribution is 2.42. The van der Waals surface area contributed by atoms with Crippen LogP contribution < -0.4 is 5.73 Å². The maximum atomic E-state index is 12.6. The standard InChI is InChI=1S/C15H24N2O4.C14H23N3O4.CH4/c1-9(2)13(20)17-7-5-6-15(17)8-16(14(15)21)12(10(3)18)11(4)19;1-8(2)12(20)17-6-4-5-14(17)7-16(13(14)21)10(9(3)18)11(15)19;/h9-10,12,18H,5-8H2,1-4H3;8-10,18H,4-7H2,1-3H3,(H2,15,19);1H4/t10-,12+,15+;9-,10+,14-;/m11./s1. The van der Waals surface area contributed by atoms with E-state index in [0.29, 0.717) is 32.5 Å². The molecule has 43 heavy (non-hydrogen) atoms. The molecule has 0 unspecified atom stereocenters. The topological polar surface area (TPSA) is 182 Å². The third-order valence-electron chi connectivity index (χ3n) is 8.97. The van der Waals surface area contributed by atoms with E-state index in [1.54, 1.807) is 23.6 Å². The van der Waals surface area contributed by atoms with Crippen molar-refractivity contribution in [3.05, 3.63) is 0 Å². The van der Waals surface area contributed by atoms with Crippen molar-refractivity contribution in [1.29, 1.82) is 0 Å². The van der Waals surface area contributed by atoms with Crippen molar-refractivity contribution in [3.8, 4) is 0 Å². The number of amides is 5. The normalized spacial score (nSPS) is 27.3. The Balaban J connectivity index is 0.000000293. The number of β-lactam (4-membered cyclic amide) rings is 2. The van der Waals surface area contributed by atoms with Gasteiger partial charge in [0.05, 0.1) is 25.3 Å². The van der Waals surface area contributed by atoms with Crippen LogP contribution in [0.3, 0.4) is 0 Å². The summed E-state index contributed by atoms with van der Waals surface area (Å²) in [6.07, 6.45) is 0.891. The average Bonchev–Trinajstić information content (AvgIpc) is 3.54. The summed E-state index contributed by atoms with van der Waals surface area (Å²) >= 11 is 0. The van der Waals surface area contributed by atoms with Gasteiger partial charge in [-0.25, -0.2) is 0 Å². The molecule has 5 amide bonds. The molecule has 4 rings (SSSR count). The molecule has 0 saturated carbocycles. The number of carbonyl (C=O) groups excluding carboxylic acids is 6. The number of ketones is 1. The predicted octanol–water partition coefficient (Wildman–Crippen LogP) is -0.0992. The second-order valence-electron chi connectivity index (χ2n) is 12.8. The van der Waals surface area contributed by atoms with Crippen LogP contribution in [0.15, 0.2) is 0 Å². The first-order valence-corrected chi connectivity index (χ1v) is 14.9. The molecule has 0 bridgehead atoms. The Morgan fingerprint density at radius 1 is 0.721 bits per heavy atom. The van der Waals surface area contributed by atoms with Crippen molar-refractivity contribution in [1.82, 2.24) is 19.6 Å². The number of nitrogens with two attached hydrogens (primary N) is 1. The van der Waals surface area contributed by atoms with Gasteiger partial charge in [0.1, 0.15) is 23.2 Å². The Bertz CT molecular complexity index is 1040. The van der Waals surface area contributed by atoms with Crippen LogP contribution in [0.25, 0.3) is 0 Å². The van der Waals surface area contributed by atoms with Crippen molar-refractivity contribution in [3.63, 3.8) is 0 Å². The van der Waals surface area contributed by atoms with E-state index in [2.05, 4.69) is 0 Å². The number of aliphatic hydroxyl groups excluding tert-OH is 2. The highest BCUT2D eigenvalue weighted by molar-refractivity contribution is 6.01. The number of aliphatic hydroxyl groups is 2. The third kappa shape index (κ3) is 6.15. The number of carbonyl (C=O) groups is 6. The lowest BCUT2D eigenvalue weighted by Crippen LogP contribution is -2.77. The molecule has 2 spiro atoms. The van der Waals surface area contributed by atoms with Gasteiger partial charge in [0.15, 0.2) is 5.78 Å². The molecule has 13 nitrogen and oxygen atoms in total. The molecule has 13 heteroatoms. The fourth-order valence-corrected chi connectivity index (χ4v) is 6.91. The van der Waals surface area contributed by atoms with E-state index < -0.39 is 41.3 Å². The van der Waals surface area contributed by atoms with Gasteiger partial charge in [0.2, 0.25) is 17.7 Å². The zero-order valence-electron chi connectivity index (χ0n) is 25.8. The van der Waals surface area contributed by atoms with Crippen LogP contribution in [-0.4, -0.2) is 127 Å². The van der Waals surface area contributed by atoms with Crippen molar-refractivity contribution in [2.24, 2.45) is 17.6 Å². The van der Waals surface area contributed by atoms with Gasteiger partial charge in [-0.2, -0.15) is 0 Å². The predicted molar refractivity (Wildman–Crippen MR) is 158 cm³/mol. The zero-order valence-corrected chi connectivity index (χ0v) is 25.8. The van der Waals surface area contributed by atoms with E-state index in [9.17, 15) is 39.0 Å². The number of Topliss-reactive ketones (excluding diaryl/α,β-unsaturated/α-hetero) is 1. The molecule has 0 aliphatic carbocycles. The number of primary amides is 1. The zero-order chi connectivity index (χ0) is 31.9. The van der Waals surface area contributed by atoms with E-state index >= 15 is 0 Å². The molecule has 244 valence electrons. The van der Waals surface area contributed by atoms with Crippen LogP contribution >= 0.6 is 0 Å². The monoisotopic (exact) mass is 609 g/mol. The molecule has 4 fully saturated rings. The lowest BCUT2D eigenvalue weighted by atomic mass is 9.82. The number of likely N-dealkylation sites (tertiary alicyclic amines) is 4. The SMILES string of the molecule is C.CC(=O)[C@H]([C@@H](C)O)N1C[C@@]2(CCCN2C(=O)C(C)C)C1=O.CC(C)C(=O)N1CCC[C@]12CN([C@H](C(N)=O)[C@@H](C)O)C2=O. The van der Waals surface area contributed by atoms with Gasteiger partial charge in [-0.3, -0.25) is 28.8 Å². The van der Waals surface area contributed by atoms with E-state index in [1.165, 1.54) is 30.6 Å². The Labute approximate surface area is 254 Å². The summed E-state index contributed by atoms with van der Waals surface area (Å²) in [6.45, 7) is 13.3. The van der Waals surface area contributed by atoms with Crippen LogP contribution in [0.2, 0.25) is 0 Å². The highest BCUT2D eigenvalue weighted by Gasteiger charge is 2.63. The second kappa shape index (κ2) is 13.3. The molecular formula is C30H51N5O8. The van der Waals surface area contributed by atoms with Gasteiger partial charge < -0.3 is 35.5 Å². The minimum Gasteiger partial charge on any atom is -0.391 e. The summed E-state index contributed by atoms with van der Waals surface area (Å²) < 4.78 is 0. The van der Waals surface area contributed by atoms with E-state index in [-0.39, 0.29) is 55.2 Å². The molecule has 4 aliphatic heterocycles. The third-order valence-corrected chi connectivity index (χ3v) is 8.97. The first kappa shape index (κ1) is 36.1. The summed E-state index contributed by atoms with van der Waals surface area (Å²) in [4.78, 5) is 78.9. The molecule has 4 heterocycles. The minimum absolute atomic E-state index is 0. The Hall–Kier alpha value is -3.06. The van der Waals surface area contributed by atoms with Crippen LogP contribution in [0.5, 0.6) is 0 Å². The van der Waals surface area contributed by atoms with E-state index in [1.807, 2.05) is 13.8 Å². The van der Waals surface area contributed by atoms with Crippen LogP contribution in [0, 0.1) is 11.8 Å². The minimum atomic E-state index is -1.03. The van der Waals surface area contributed by atoms with Gasteiger partial charge >= 0.3 is 0 Å². The Kier molecular flexibility index (Phi) is 11.2. The number of hydrogen-bond acceptors (Lipinski definition) is 8. The molecule has 6 atom stereocenters. The molecule has 0 aromatic carbocycles. The molecule has 0 radical (unpaired) electrons. The van der Waals surface area contributed by atoms with Gasteiger partial charge in [0.25, 0.3) is 11.8 Å². The highest BCUT2D eigenvalue weighted by atomic mass is 16.3. The fraction of sp³-hybridized carbons (Fsp3) is 0.800. The number of rotatable bonds is 8. The second-order valence-corrected chi connectivity index (χ2v) is 12.8. The molecule has 0 aromatic heterocycles. The fourth-order valence-electron chi connectivity index (χ4n) is 6.91. The summed E-state index contributed by atoms with van der Waals surface area (Å²) in [7, 11) is 0. The van der Waals surface area contributed by atoms with Gasteiger partial charge in [0, 0.05) is 24.9 Å². The van der Waals surface area contributed by atoms with Crippen molar-refractivity contribution < 1.29 is 39.0 Å². The first-order valence-electron chi connectivity index (χ1n) is 14.9. The molecule has 4 N–H and O–H groups in total. The van der Waals surface area contributed by atoms with Gasteiger partial charge in [-0.15, -0.1) is 0 Å². The molecule has 4 aliphatic rings. The van der Waals surface area contributed by atoms with Crippen molar-refractivity contribution in [2.45, 2.75) is 117 Å². The maximum Gasteiger partial charge on any atom is 0.251 e. The number of nitrogens with zero attached hydrogens (tertiary/aromatic N) is 4. The summed E-state index contributed by atoms with van der Waals surface area (Å²) in [6, 6.07) is -1.83. The van der Waals surface area contributed by atoms with Crippen LogP contribution in [-0.2, 0) is 28.8 Å². The lowest BCUT2D eigenvalue weighted by Gasteiger charge is -2.54. The van der Waals surface area contributed by atoms with Gasteiger partial charge in [-0.05, 0) is 46.5 Å². The smallest absolute Gasteiger partial charge is 0.251 e. The van der Waals surface area contributed by atoms with E-state index in [4.69, 9.17) is 5.73 Å². The van der Waals surface area contributed by atoms with Crippen LogP contribution in [0.4, 0.5) is 0 Å². The van der Waals surface area contributed by atoms with Crippen molar-refractivity contribution in [2.75, 3.05) is 26.2 Å². The lowest BCUT2D eigenvalue weighted by molar-refractivity contribution is -0.176. The van der Waals surface area contributed by atoms with Crippen LogP contribution in [0.1, 0.15) is 81.6 Å². The van der Waals surface area contributed by atoms with Gasteiger partial charge in [-0.1, -0.05) is 35.1 Å². The maximum absolute atomic E-state index is 12.6. The van der Waals surface area contributed by atoms with Crippen molar-refractivity contribution >= 4 is 35.3 Å². The number of hydrogen-bond donors (Lipinski definition) is 3. The average molecular weight is 610 g/mol. The Morgan fingerprint density at radius 2 is 1.07 bits per heavy atom. The largest absolute Gasteiger partial charge is 0.391 e.